The van der Waals surface area contributed by atoms with Crippen molar-refractivity contribution in [2.45, 2.75) is 19.5 Å². The van der Waals surface area contributed by atoms with Gasteiger partial charge in [0.1, 0.15) is 0 Å². The van der Waals surface area contributed by atoms with Crippen molar-refractivity contribution in [2.75, 3.05) is 24.3 Å². The topological polar surface area (TPSA) is 75.7 Å². The molecular weight excluding hydrogens is 423 g/mol. The number of sulfonamides is 1. The van der Waals surface area contributed by atoms with Gasteiger partial charge in [0.05, 0.1) is 35.1 Å². The number of halogens is 2. The summed E-state index contributed by atoms with van der Waals surface area (Å²) in [6.07, 6.45) is 1.10. The van der Waals surface area contributed by atoms with Crippen molar-refractivity contribution in [2.24, 2.45) is 0 Å². The highest BCUT2D eigenvalue weighted by molar-refractivity contribution is 7.92. The van der Waals surface area contributed by atoms with Crippen molar-refractivity contribution in [3.05, 3.63) is 63.6 Å². The molecule has 0 unspecified atom stereocenters. The zero-order valence-electron chi connectivity index (χ0n) is 15.8. The number of benzene rings is 2. The Bertz CT molecular complexity index is 933. The van der Waals surface area contributed by atoms with Crippen LogP contribution in [0.5, 0.6) is 0 Å². The van der Waals surface area contributed by atoms with Crippen molar-refractivity contribution in [1.82, 2.24) is 5.32 Å². The quantitative estimate of drug-likeness (QED) is 0.672. The molecule has 0 aliphatic rings. The van der Waals surface area contributed by atoms with E-state index < -0.39 is 10.0 Å². The van der Waals surface area contributed by atoms with E-state index in [2.05, 4.69) is 5.32 Å². The number of nitrogens with one attached hydrogen (secondary N) is 1. The van der Waals surface area contributed by atoms with Crippen LogP contribution in [0.1, 0.15) is 22.8 Å². The molecule has 0 saturated heterocycles. The summed E-state index contributed by atoms with van der Waals surface area (Å²) in [6, 6.07) is 11.4. The number of amides is 1. The number of hydrogen-bond donors (Lipinski definition) is 1. The Kier molecular flexibility index (Phi) is 7.71. The summed E-state index contributed by atoms with van der Waals surface area (Å²) < 4.78 is 30.8. The van der Waals surface area contributed by atoms with Crippen molar-refractivity contribution in [1.29, 1.82) is 0 Å². The van der Waals surface area contributed by atoms with Crippen molar-refractivity contribution in [3.63, 3.8) is 0 Å². The lowest BCUT2D eigenvalue weighted by Crippen LogP contribution is -2.35. The highest BCUT2D eigenvalue weighted by Crippen LogP contribution is 2.34. The smallest absolute Gasteiger partial charge is 0.251 e. The monoisotopic (exact) mass is 444 g/mol. The average Bonchev–Trinajstić information content (AvgIpc) is 2.62. The Morgan fingerprint density at radius 2 is 1.82 bits per heavy atom. The molecule has 0 radical (unpaired) electrons. The minimum atomic E-state index is -3.61. The molecule has 0 fully saturated rings. The Morgan fingerprint density at radius 3 is 2.39 bits per heavy atom. The van der Waals surface area contributed by atoms with Crippen LogP contribution in [-0.4, -0.2) is 40.3 Å². The van der Waals surface area contributed by atoms with E-state index in [4.69, 9.17) is 27.9 Å². The van der Waals surface area contributed by atoms with Crippen LogP contribution in [0, 0.1) is 0 Å². The lowest BCUT2D eigenvalue weighted by molar-refractivity contribution is 0.0905. The van der Waals surface area contributed by atoms with E-state index in [0.717, 1.165) is 6.26 Å². The standard InChI is InChI=1S/C19H22Cl2N2O4S/c1-13(12-27-2)22-19(24)15-9-7-14(8-10-15)11-23(28(3,25)26)17-6-4-5-16(20)18(17)21/h4-10,13H,11-12H2,1-3H3,(H,22,24)/t13-/m1/s1. The Balaban J connectivity index is 2.22. The number of nitrogens with zero attached hydrogens (tertiary/aromatic N) is 1. The largest absolute Gasteiger partial charge is 0.383 e. The minimum absolute atomic E-state index is 0.0564. The Hall–Kier alpha value is -1.80. The van der Waals surface area contributed by atoms with Crippen LogP contribution in [0.3, 0.4) is 0 Å². The summed E-state index contributed by atoms with van der Waals surface area (Å²) in [4.78, 5) is 12.2. The molecule has 0 spiro atoms. The van der Waals surface area contributed by atoms with Crippen LogP contribution in [0.4, 0.5) is 5.69 Å². The molecule has 2 rings (SSSR count). The lowest BCUT2D eigenvalue weighted by Gasteiger charge is -2.24. The van der Waals surface area contributed by atoms with E-state index in [-0.39, 0.29) is 28.5 Å². The molecule has 28 heavy (non-hydrogen) atoms. The van der Waals surface area contributed by atoms with Gasteiger partial charge in [0.15, 0.2) is 0 Å². The summed E-state index contributed by atoms with van der Waals surface area (Å²) in [6.45, 7) is 2.31. The lowest BCUT2D eigenvalue weighted by atomic mass is 10.1. The van der Waals surface area contributed by atoms with Crippen LogP contribution in [0.15, 0.2) is 42.5 Å². The molecular formula is C19H22Cl2N2O4S. The Labute approximate surface area is 175 Å². The van der Waals surface area contributed by atoms with E-state index in [9.17, 15) is 13.2 Å². The number of carbonyl (C=O) groups excluding carboxylic acids is 1. The molecule has 0 aliphatic heterocycles. The molecule has 1 atom stereocenters. The van der Waals surface area contributed by atoms with Gasteiger partial charge in [-0.25, -0.2) is 8.42 Å². The first-order chi connectivity index (χ1) is 13.1. The fourth-order valence-corrected chi connectivity index (χ4v) is 3.93. The summed E-state index contributed by atoms with van der Waals surface area (Å²) in [5.74, 6) is -0.228. The molecule has 0 aromatic heterocycles. The summed E-state index contributed by atoms with van der Waals surface area (Å²) in [5, 5.41) is 3.25. The molecule has 0 bridgehead atoms. The van der Waals surface area contributed by atoms with Gasteiger partial charge in [0, 0.05) is 18.7 Å². The van der Waals surface area contributed by atoms with Gasteiger partial charge in [-0.1, -0.05) is 41.4 Å². The first-order valence-electron chi connectivity index (χ1n) is 8.44. The van der Waals surface area contributed by atoms with Crippen molar-refractivity contribution < 1.29 is 17.9 Å². The molecule has 0 saturated carbocycles. The molecule has 152 valence electrons. The molecule has 0 heterocycles. The van der Waals surface area contributed by atoms with E-state index in [1.54, 1.807) is 49.6 Å². The first-order valence-corrected chi connectivity index (χ1v) is 11.0. The van der Waals surface area contributed by atoms with Gasteiger partial charge in [0.25, 0.3) is 5.91 Å². The fourth-order valence-electron chi connectivity index (χ4n) is 2.59. The molecule has 6 nitrogen and oxygen atoms in total. The second-order valence-corrected chi connectivity index (χ2v) is 9.06. The summed E-state index contributed by atoms with van der Waals surface area (Å²) >= 11 is 12.2. The SMILES string of the molecule is COC[C@@H](C)NC(=O)c1ccc(CN(c2cccc(Cl)c2Cl)S(C)(=O)=O)cc1. The highest BCUT2D eigenvalue weighted by atomic mass is 35.5. The highest BCUT2D eigenvalue weighted by Gasteiger charge is 2.21. The van der Waals surface area contributed by atoms with E-state index in [0.29, 0.717) is 23.4 Å². The molecule has 1 N–H and O–H groups in total. The number of ether oxygens (including phenoxy) is 1. The number of methoxy groups -OCH3 is 1. The van der Waals surface area contributed by atoms with Crippen LogP contribution >= 0.6 is 23.2 Å². The van der Waals surface area contributed by atoms with Gasteiger partial charge in [0.2, 0.25) is 10.0 Å². The third-order valence-corrected chi connectivity index (χ3v) is 5.87. The molecule has 2 aromatic rings. The van der Waals surface area contributed by atoms with Gasteiger partial charge in [-0.3, -0.25) is 9.10 Å². The summed E-state index contributed by atoms with van der Waals surface area (Å²) in [5.41, 5.74) is 1.47. The van der Waals surface area contributed by atoms with Crippen molar-refractivity contribution in [3.8, 4) is 0 Å². The maximum atomic E-state index is 12.3. The second kappa shape index (κ2) is 9.60. The molecule has 9 heteroatoms. The van der Waals surface area contributed by atoms with Gasteiger partial charge < -0.3 is 10.1 Å². The molecule has 0 aliphatic carbocycles. The normalized spacial score (nSPS) is 12.5. The van der Waals surface area contributed by atoms with Gasteiger partial charge >= 0.3 is 0 Å². The zero-order valence-corrected chi connectivity index (χ0v) is 18.1. The molecule has 2 aromatic carbocycles. The summed E-state index contributed by atoms with van der Waals surface area (Å²) in [7, 11) is -2.04. The fraction of sp³-hybridized carbons (Fsp3) is 0.316. The third kappa shape index (κ3) is 5.85. The Morgan fingerprint density at radius 1 is 1.18 bits per heavy atom. The maximum absolute atomic E-state index is 12.3. The van der Waals surface area contributed by atoms with Gasteiger partial charge in [-0.2, -0.15) is 0 Å². The predicted molar refractivity (Wildman–Crippen MR) is 113 cm³/mol. The third-order valence-electron chi connectivity index (χ3n) is 3.94. The molecule has 1 amide bonds. The average molecular weight is 445 g/mol. The first kappa shape index (κ1) is 22.5. The van der Waals surface area contributed by atoms with E-state index in [1.807, 2.05) is 6.92 Å². The maximum Gasteiger partial charge on any atom is 0.251 e. The number of rotatable bonds is 8. The van der Waals surface area contributed by atoms with Crippen molar-refractivity contribution >= 4 is 44.8 Å². The van der Waals surface area contributed by atoms with Crippen LogP contribution in [0.25, 0.3) is 0 Å². The van der Waals surface area contributed by atoms with Crippen LogP contribution in [0.2, 0.25) is 10.0 Å². The van der Waals surface area contributed by atoms with Gasteiger partial charge in [-0.05, 0) is 36.8 Å². The van der Waals surface area contributed by atoms with Crippen LogP contribution in [-0.2, 0) is 21.3 Å². The van der Waals surface area contributed by atoms with Crippen LogP contribution < -0.4 is 9.62 Å². The van der Waals surface area contributed by atoms with E-state index in [1.165, 1.54) is 4.31 Å². The number of hydrogen-bond acceptors (Lipinski definition) is 4. The zero-order chi connectivity index (χ0) is 20.9. The minimum Gasteiger partial charge on any atom is -0.383 e. The number of carbonyl (C=O) groups is 1. The number of anilines is 1. The second-order valence-electron chi connectivity index (χ2n) is 6.37. The van der Waals surface area contributed by atoms with E-state index >= 15 is 0 Å². The van der Waals surface area contributed by atoms with Gasteiger partial charge in [-0.15, -0.1) is 0 Å². The predicted octanol–water partition coefficient (Wildman–Crippen LogP) is 3.72.